The van der Waals surface area contributed by atoms with Crippen LogP contribution in [-0.4, -0.2) is 18.4 Å². The molecule has 2 N–H and O–H groups in total. The minimum atomic E-state index is -3.79. The SMILES string of the molecule is CC(C)c1cc(=O)[nH]c(NS(=O)(=O)c2ccc(Br)cc2)n1. The predicted octanol–water partition coefficient (Wildman–Crippen LogP) is 2.46. The highest BCUT2D eigenvalue weighted by molar-refractivity contribution is 9.10. The highest BCUT2D eigenvalue weighted by Gasteiger charge is 2.16. The van der Waals surface area contributed by atoms with Gasteiger partial charge in [-0.05, 0) is 30.2 Å². The molecule has 0 saturated heterocycles. The zero-order valence-corrected chi connectivity index (χ0v) is 13.8. The maximum Gasteiger partial charge on any atom is 0.264 e. The summed E-state index contributed by atoms with van der Waals surface area (Å²) in [5.41, 5.74) is 0.120. The van der Waals surface area contributed by atoms with E-state index in [1.807, 2.05) is 13.8 Å². The van der Waals surface area contributed by atoms with Crippen LogP contribution in [0, 0.1) is 0 Å². The van der Waals surface area contributed by atoms with Gasteiger partial charge < -0.3 is 0 Å². The monoisotopic (exact) mass is 371 g/mol. The lowest BCUT2D eigenvalue weighted by atomic mass is 10.1. The van der Waals surface area contributed by atoms with Crippen LogP contribution < -0.4 is 10.3 Å². The Kier molecular flexibility index (Phi) is 4.48. The van der Waals surface area contributed by atoms with E-state index in [1.165, 1.54) is 18.2 Å². The van der Waals surface area contributed by atoms with E-state index in [9.17, 15) is 13.2 Å². The molecule has 0 atom stereocenters. The third kappa shape index (κ3) is 3.92. The Morgan fingerprint density at radius 3 is 2.43 bits per heavy atom. The highest BCUT2D eigenvalue weighted by Crippen LogP contribution is 2.17. The van der Waals surface area contributed by atoms with Gasteiger partial charge in [0.25, 0.3) is 15.6 Å². The number of aromatic nitrogens is 2. The van der Waals surface area contributed by atoms with E-state index in [4.69, 9.17) is 0 Å². The first-order valence-corrected chi connectivity index (χ1v) is 8.45. The highest BCUT2D eigenvalue weighted by atomic mass is 79.9. The van der Waals surface area contributed by atoms with Gasteiger partial charge in [-0.2, -0.15) is 0 Å². The molecule has 8 heteroatoms. The van der Waals surface area contributed by atoms with Gasteiger partial charge in [0.05, 0.1) is 10.6 Å². The molecule has 1 aromatic carbocycles. The second-order valence-electron chi connectivity index (χ2n) is 4.73. The second kappa shape index (κ2) is 5.98. The zero-order valence-electron chi connectivity index (χ0n) is 11.4. The third-order valence-electron chi connectivity index (χ3n) is 2.71. The first kappa shape index (κ1) is 15.7. The van der Waals surface area contributed by atoms with Crippen molar-refractivity contribution in [3.8, 4) is 0 Å². The van der Waals surface area contributed by atoms with Crippen molar-refractivity contribution < 1.29 is 8.42 Å². The molecule has 0 amide bonds. The standard InChI is InChI=1S/C13H14BrN3O3S/c1-8(2)11-7-12(18)16-13(15-11)17-21(19,20)10-5-3-9(14)4-6-10/h3-8H,1-2H3,(H2,15,16,17,18). The molecule has 2 rings (SSSR count). The Labute approximate surface area is 130 Å². The maximum atomic E-state index is 12.2. The van der Waals surface area contributed by atoms with Crippen molar-refractivity contribution in [3.63, 3.8) is 0 Å². The summed E-state index contributed by atoms with van der Waals surface area (Å²) in [6.07, 6.45) is 0. The van der Waals surface area contributed by atoms with E-state index in [-0.39, 0.29) is 16.8 Å². The molecule has 0 spiro atoms. The van der Waals surface area contributed by atoms with Gasteiger partial charge in [0.1, 0.15) is 0 Å². The first-order chi connectivity index (χ1) is 9.78. The molecule has 0 unspecified atom stereocenters. The van der Waals surface area contributed by atoms with Gasteiger partial charge >= 0.3 is 0 Å². The van der Waals surface area contributed by atoms with Crippen LogP contribution in [0.15, 0.2) is 44.5 Å². The maximum absolute atomic E-state index is 12.2. The van der Waals surface area contributed by atoms with Crippen molar-refractivity contribution in [1.82, 2.24) is 9.97 Å². The van der Waals surface area contributed by atoms with Crippen LogP contribution in [0.25, 0.3) is 0 Å². The molecule has 1 aromatic heterocycles. The first-order valence-electron chi connectivity index (χ1n) is 6.17. The van der Waals surface area contributed by atoms with Gasteiger partial charge in [0.2, 0.25) is 5.95 Å². The van der Waals surface area contributed by atoms with Crippen LogP contribution >= 0.6 is 15.9 Å². The van der Waals surface area contributed by atoms with Crippen LogP contribution in [0.1, 0.15) is 25.5 Å². The van der Waals surface area contributed by atoms with Crippen LogP contribution in [0.4, 0.5) is 5.95 Å². The lowest BCUT2D eigenvalue weighted by molar-refractivity contribution is 0.600. The smallest absolute Gasteiger partial charge is 0.264 e. The van der Waals surface area contributed by atoms with E-state index >= 15 is 0 Å². The minimum Gasteiger partial charge on any atom is -0.292 e. The van der Waals surface area contributed by atoms with Crippen molar-refractivity contribution in [2.45, 2.75) is 24.7 Å². The average Bonchev–Trinajstić information content (AvgIpc) is 2.37. The van der Waals surface area contributed by atoms with Crippen LogP contribution in [-0.2, 0) is 10.0 Å². The molecule has 112 valence electrons. The molecular weight excluding hydrogens is 358 g/mol. The summed E-state index contributed by atoms with van der Waals surface area (Å²) in [7, 11) is -3.79. The number of benzene rings is 1. The van der Waals surface area contributed by atoms with Crippen molar-refractivity contribution in [2.75, 3.05) is 4.72 Å². The number of nitrogens with one attached hydrogen (secondary N) is 2. The van der Waals surface area contributed by atoms with Crippen molar-refractivity contribution >= 4 is 31.9 Å². The fraction of sp³-hybridized carbons (Fsp3) is 0.231. The van der Waals surface area contributed by atoms with Crippen LogP contribution in [0.2, 0.25) is 0 Å². The molecule has 6 nitrogen and oxygen atoms in total. The van der Waals surface area contributed by atoms with Crippen molar-refractivity contribution in [3.05, 3.63) is 50.9 Å². The lowest BCUT2D eigenvalue weighted by Gasteiger charge is -2.09. The molecule has 0 aliphatic rings. The summed E-state index contributed by atoms with van der Waals surface area (Å²) in [4.78, 5) is 18.1. The summed E-state index contributed by atoms with van der Waals surface area (Å²) < 4.78 is 27.5. The van der Waals surface area contributed by atoms with E-state index in [0.717, 1.165) is 4.47 Å². The summed E-state index contributed by atoms with van der Waals surface area (Å²) in [6, 6.07) is 7.50. The molecule has 0 saturated carbocycles. The molecule has 1 heterocycles. The Morgan fingerprint density at radius 1 is 1.24 bits per heavy atom. The number of nitrogens with zero attached hydrogens (tertiary/aromatic N) is 1. The summed E-state index contributed by atoms with van der Waals surface area (Å²) in [5, 5.41) is 0. The molecule has 0 radical (unpaired) electrons. The van der Waals surface area contributed by atoms with Gasteiger partial charge in [-0.1, -0.05) is 29.8 Å². The van der Waals surface area contributed by atoms with E-state index in [1.54, 1.807) is 12.1 Å². The molecule has 0 aliphatic heterocycles. The molecule has 0 bridgehead atoms. The molecule has 0 fully saturated rings. The predicted molar refractivity (Wildman–Crippen MR) is 83.9 cm³/mol. The number of aromatic amines is 1. The topological polar surface area (TPSA) is 91.9 Å². The minimum absolute atomic E-state index is 0.0169. The summed E-state index contributed by atoms with van der Waals surface area (Å²) in [5.74, 6) is -0.0719. The van der Waals surface area contributed by atoms with Crippen molar-refractivity contribution in [2.24, 2.45) is 0 Å². The largest absolute Gasteiger partial charge is 0.292 e. The average molecular weight is 372 g/mol. The van der Waals surface area contributed by atoms with Crippen LogP contribution in [0.5, 0.6) is 0 Å². The molecule has 21 heavy (non-hydrogen) atoms. The Bertz CT molecular complexity index is 798. The second-order valence-corrected chi connectivity index (χ2v) is 7.33. The summed E-state index contributed by atoms with van der Waals surface area (Å²) >= 11 is 3.24. The number of anilines is 1. The van der Waals surface area contributed by atoms with Gasteiger partial charge in [0, 0.05) is 10.5 Å². The summed E-state index contributed by atoms with van der Waals surface area (Å²) in [6.45, 7) is 3.74. The number of hydrogen-bond acceptors (Lipinski definition) is 4. The third-order valence-corrected chi connectivity index (χ3v) is 4.59. The zero-order chi connectivity index (χ0) is 15.6. The van der Waals surface area contributed by atoms with Crippen LogP contribution in [0.3, 0.4) is 0 Å². The van der Waals surface area contributed by atoms with Gasteiger partial charge in [0.15, 0.2) is 0 Å². The van der Waals surface area contributed by atoms with E-state index in [2.05, 4.69) is 30.6 Å². The normalized spacial score (nSPS) is 11.6. The molecule has 0 aliphatic carbocycles. The van der Waals surface area contributed by atoms with Gasteiger partial charge in [-0.15, -0.1) is 0 Å². The van der Waals surface area contributed by atoms with E-state index in [0.29, 0.717) is 5.69 Å². The number of sulfonamides is 1. The number of hydrogen-bond donors (Lipinski definition) is 2. The van der Waals surface area contributed by atoms with E-state index < -0.39 is 15.6 Å². The lowest BCUT2D eigenvalue weighted by Crippen LogP contribution is -2.19. The van der Waals surface area contributed by atoms with Crippen molar-refractivity contribution in [1.29, 1.82) is 0 Å². The fourth-order valence-electron chi connectivity index (χ4n) is 1.62. The Morgan fingerprint density at radius 2 is 1.86 bits per heavy atom. The molecular formula is C13H14BrN3O3S. The number of halogens is 1. The Balaban J connectivity index is 2.37. The van der Waals surface area contributed by atoms with Gasteiger partial charge in [-0.3, -0.25) is 9.78 Å². The van der Waals surface area contributed by atoms with Gasteiger partial charge in [-0.25, -0.2) is 18.1 Å². The molecule has 2 aromatic rings. The quantitative estimate of drug-likeness (QED) is 0.863. The number of H-pyrrole nitrogens is 1. The number of rotatable bonds is 4. The Hall–Kier alpha value is -1.67. The fourth-order valence-corrected chi connectivity index (χ4v) is 2.85.